The van der Waals surface area contributed by atoms with E-state index in [0.29, 0.717) is 23.9 Å². The van der Waals surface area contributed by atoms with Crippen molar-refractivity contribution in [1.82, 2.24) is 0 Å². The van der Waals surface area contributed by atoms with Crippen molar-refractivity contribution in [2.24, 2.45) is 0 Å². The Bertz CT molecular complexity index is 572. The molecule has 0 aliphatic rings. The Morgan fingerprint density at radius 2 is 2.00 bits per heavy atom. The molecule has 0 saturated carbocycles. The molecule has 2 N–H and O–H groups in total. The molecule has 0 heterocycles. The van der Waals surface area contributed by atoms with Gasteiger partial charge >= 0.3 is 0 Å². The highest BCUT2D eigenvalue weighted by atomic mass is 35.5. The number of para-hydroxylation sites is 1. The molecule has 4 heteroatoms. The molecule has 2 aromatic rings. The van der Waals surface area contributed by atoms with Gasteiger partial charge in [0.05, 0.1) is 11.6 Å². The second-order valence-corrected chi connectivity index (χ2v) is 4.88. The lowest BCUT2D eigenvalue weighted by molar-refractivity contribution is 0.317. The molecule has 0 radical (unpaired) electrons. The highest BCUT2D eigenvalue weighted by Crippen LogP contribution is 2.28. The summed E-state index contributed by atoms with van der Waals surface area (Å²) < 4.78 is 5.52. The Kier molecular flexibility index (Phi) is 5.13. The van der Waals surface area contributed by atoms with Crippen LogP contribution in [-0.4, -0.2) is 11.7 Å². The number of hydrogen-bond donors (Lipinski definition) is 2. The topological polar surface area (TPSA) is 41.5 Å². The number of phenolic OH excluding ortho intramolecular Hbond substituents is 1. The number of phenols is 1. The number of ether oxygens (including phenoxy) is 1. The predicted octanol–water partition coefficient (Wildman–Crippen LogP) is 4.45. The van der Waals surface area contributed by atoms with E-state index in [0.717, 1.165) is 17.7 Å². The van der Waals surface area contributed by atoms with Crippen molar-refractivity contribution < 1.29 is 9.84 Å². The molecule has 106 valence electrons. The summed E-state index contributed by atoms with van der Waals surface area (Å²) in [6.07, 6.45) is 0.948. The summed E-state index contributed by atoms with van der Waals surface area (Å²) in [7, 11) is 0. The zero-order chi connectivity index (χ0) is 14.4. The fraction of sp³-hybridized carbons (Fsp3) is 0.250. The van der Waals surface area contributed by atoms with Crippen LogP contribution in [0.25, 0.3) is 0 Å². The molecule has 0 spiro atoms. The van der Waals surface area contributed by atoms with E-state index in [-0.39, 0.29) is 5.75 Å². The van der Waals surface area contributed by atoms with E-state index in [1.54, 1.807) is 12.1 Å². The van der Waals surface area contributed by atoms with Crippen LogP contribution in [0.5, 0.6) is 11.5 Å². The normalized spacial score (nSPS) is 10.3. The van der Waals surface area contributed by atoms with E-state index in [4.69, 9.17) is 16.3 Å². The molecule has 0 atom stereocenters. The molecule has 2 rings (SSSR count). The van der Waals surface area contributed by atoms with E-state index in [2.05, 4.69) is 12.2 Å². The van der Waals surface area contributed by atoms with Crippen LogP contribution in [0.3, 0.4) is 0 Å². The average molecular weight is 292 g/mol. The lowest BCUT2D eigenvalue weighted by Crippen LogP contribution is -2.00. The van der Waals surface area contributed by atoms with Gasteiger partial charge < -0.3 is 15.2 Å². The number of rotatable bonds is 6. The van der Waals surface area contributed by atoms with Crippen LogP contribution in [0.4, 0.5) is 5.69 Å². The third-order valence-corrected chi connectivity index (χ3v) is 3.16. The SMILES string of the molecule is CCCOc1ccc(NCc2ccccc2O)cc1Cl. The molecular formula is C16H18ClNO2. The minimum Gasteiger partial charge on any atom is -0.508 e. The molecule has 3 nitrogen and oxygen atoms in total. The molecule has 0 aromatic heterocycles. The van der Waals surface area contributed by atoms with Crippen LogP contribution >= 0.6 is 11.6 Å². The van der Waals surface area contributed by atoms with E-state index in [1.807, 2.05) is 30.3 Å². The van der Waals surface area contributed by atoms with Gasteiger partial charge in [-0.15, -0.1) is 0 Å². The molecule has 0 aliphatic heterocycles. The van der Waals surface area contributed by atoms with Crippen molar-refractivity contribution in [1.29, 1.82) is 0 Å². The Hall–Kier alpha value is -1.87. The van der Waals surface area contributed by atoms with Gasteiger partial charge in [-0.1, -0.05) is 36.7 Å². The van der Waals surface area contributed by atoms with Gasteiger partial charge in [0.25, 0.3) is 0 Å². The fourth-order valence-corrected chi connectivity index (χ4v) is 2.03. The van der Waals surface area contributed by atoms with Gasteiger partial charge in [0.2, 0.25) is 0 Å². The van der Waals surface area contributed by atoms with Gasteiger partial charge in [-0.05, 0) is 30.7 Å². The molecule has 0 unspecified atom stereocenters. The van der Waals surface area contributed by atoms with Gasteiger partial charge in [-0.3, -0.25) is 0 Å². The van der Waals surface area contributed by atoms with Crippen LogP contribution in [0.1, 0.15) is 18.9 Å². The van der Waals surface area contributed by atoms with Crippen molar-refractivity contribution in [3.63, 3.8) is 0 Å². The second kappa shape index (κ2) is 7.06. The Morgan fingerprint density at radius 1 is 1.20 bits per heavy atom. The number of hydrogen-bond acceptors (Lipinski definition) is 3. The van der Waals surface area contributed by atoms with Gasteiger partial charge in [-0.25, -0.2) is 0 Å². The zero-order valence-electron chi connectivity index (χ0n) is 11.4. The van der Waals surface area contributed by atoms with Crippen molar-refractivity contribution in [2.45, 2.75) is 19.9 Å². The first-order valence-corrected chi connectivity index (χ1v) is 7.01. The van der Waals surface area contributed by atoms with Gasteiger partial charge in [0, 0.05) is 17.8 Å². The summed E-state index contributed by atoms with van der Waals surface area (Å²) >= 11 is 6.16. The van der Waals surface area contributed by atoms with Crippen molar-refractivity contribution in [3.05, 3.63) is 53.1 Å². The van der Waals surface area contributed by atoms with Gasteiger partial charge in [0.15, 0.2) is 0 Å². The molecule has 0 saturated heterocycles. The minimum absolute atomic E-state index is 0.286. The maximum atomic E-state index is 9.70. The first kappa shape index (κ1) is 14.5. The average Bonchev–Trinajstić information content (AvgIpc) is 2.45. The summed E-state index contributed by atoms with van der Waals surface area (Å²) in [6.45, 7) is 3.25. The summed E-state index contributed by atoms with van der Waals surface area (Å²) in [5, 5.41) is 13.5. The maximum absolute atomic E-state index is 9.70. The minimum atomic E-state index is 0.286. The largest absolute Gasteiger partial charge is 0.508 e. The standard InChI is InChI=1S/C16H18ClNO2/c1-2-9-20-16-8-7-13(10-14(16)17)18-11-12-5-3-4-6-15(12)19/h3-8,10,18-19H,2,9,11H2,1H3. The monoisotopic (exact) mass is 291 g/mol. The number of nitrogens with one attached hydrogen (secondary N) is 1. The fourth-order valence-electron chi connectivity index (χ4n) is 1.80. The third-order valence-electron chi connectivity index (χ3n) is 2.87. The first-order chi connectivity index (χ1) is 9.70. The summed E-state index contributed by atoms with van der Waals surface area (Å²) in [4.78, 5) is 0. The number of aromatic hydroxyl groups is 1. The van der Waals surface area contributed by atoms with E-state index in [1.165, 1.54) is 0 Å². The molecule has 0 aliphatic carbocycles. The van der Waals surface area contributed by atoms with Crippen molar-refractivity contribution in [3.8, 4) is 11.5 Å². The Morgan fingerprint density at radius 3 is 2.70 bits per heavy atom. The van der Waals surface area contributed by atoms with Gasteiger partial charge in [0.1, 0.15) is 11.5 Å². The number of benzene rings is 2. The smallest absolute Gasteiger partial charge is 0.138 e. The first-order valence-electron chi connectivity index (χ1n) is 6.63. The van der Waals surface area contributed by atoms with Crippen LogP contribution < -0.4 is 10.1 Å². The Balaban J connectivity index is 2.00. The van der Waals surface area contributed by atoms with E-state index < -0.39 is 0 Å². The highest BCUT2D eigenvalue weighted by Gasteiger charge is 2.04. The van der Waals surface area contributed by atoms with E-state index >= 15 is 0 Å². The molecule has 20 heavy (non-hydrogen) atoms. The second-order valence-electron chi connectivity index (χ2n) is 4.48. The van der Waals surface area contributed by atoms with Crippen molar-refractivity contribution in [2.75, 3.05) is 11.9 Å². The Labute approximate surface area is 124 Å². The third kappa shape index (κ3) is 3.81. The summed E-state index contributed by atoms with van der Waals surface area (Å²) in [6, 6.07) is 12.8. The molecule has 2 aromatic carbocycles. The zero-order valence-corrected chi connectivity index (χ0v) is 12.2. The van der Waals surface area contributed by atoms with Crippen LogP contribution in [-0.2, 0) is 6.54 Å². The summed E-state index contributed by atoms with van der Waals surface area (Å²) in [5.74, 6) is 0.982. The molecule has 0 fully saturated rings. The quantitative estimate of drug-likeness (QED) is 0.826. The predicted molar refractivity (Wildman–Crippen MR) is 82.7 cm³/mol. The highest BCUT2D eigenvalue weighted by molar-refractivity contribution is 6.32. The molecular weight excluding hydrogens is 274 g/mol. The van der Waals surface area contributed by atoms with Crippen molar-refractivity contribution >= 4 is 17.3 Å². The van der Waals surface area contributed by atoms with Crippen LogP contribution in [0.2, 0.25) is 5.02 Å². The molecule has 0 bridgehead atoms. The van der Waals surface area contributed by atoms with Crippen LogP contribution in [0, 0.1) is 0 Å². The number of anilines is 1. The van der Waals surface area contributed by atoms with Crippen LogP contribution in [0.15, 0.2) is 42.5 Å². The van der Waals surface area contributed by atoms with Gasteiger partial charge in [-0.2, -0.15) is 0 Å². The lowest BCUT2D eigenvalue weighted by atomic mass is 10.2. The van der Waals surface area contributed by atoms with E-state index in [9.17, 15) is 5.11 Å². The number of halogens is 1. The maximum Gasteiger partial charge on any atom is 0.138 e. The summed E-state index contributed by atoms with van der Waals surface area (Å²) in [5.41, 5.74) is 1.73. The molecule has 0 amide bonds. The lowest BCUT2D eigenvalue weighted by Gasteiger charge is -2.11.